The summed E-state index contributed by atoms with van der Waals surface area (Å²) in [5.41, 5.74) is 12.0. The normalized spacial score (nSPS) is 10.4. The number of nitrogens with one attached hydrogen (secondary N) is 3. The number of nitrogens with two attached hydrogens (primary N) is 1. The molecule has 8 nitrogen and oxygen atoms in total. The van der Waals surface area contributed by atoms with Crippen LogP contribution in [0.5, 0.6) is 0 Å². The molecular weight excluding hydrogens is 357 g/mol. The molecule has 0 spiro atoms. The zero-order valence-corrected chi connectivity index (χ0v) is 14.8. The molecule has 0 saturated carbocycles. The van der Waals surface area contributed by atoms with Gasteiger partial charge in [0.2, 0.25) is 0 Å². The zero-order chi connectivity index (χ0) is 18.7. The van der Waals surface area contributed by atoms with E-state index in [1.807, 2.05) is 13.8 Å². The first-order valence-electron chi connectivity index (χ1n) is 7.58. The van der Waals surface area contributed by atoms with E-state index >= 15 is 0 Å². The Morgan fingerprint density at radius 3 is 2.62 bits per heavy atom. The van der Waals surface area contributed by atoms with Gasteiger partial charge in [-0.15, -0.1) is 11.3 Å². The van der Waals surface area contributed by atoms with Gasteiger partial charge in [-0.1, -0.05) is 12.1 Å². The Kier molecular flexibility index (Phi) is 4.94. The van der Waals surface area contributed by atoms with E-state index in [0.29, 0.717) is 10.9 Å². The Morgan fingerprint density at radius 1 is 1.19 bits per heavy atom. The van der Waals surface area contributed by atoms with Gasteiger partial charge in [-0.05, 0) is 26.0 Å². The Bertz CT molecular complexity index is 940. The molecule has 0 aliphatic carbocycles. The second-order valence-corrected chi connectivity index (χ2v) is 6.53. The van der Waals surface area contributed by atoms with E-state index < -0.39 is 11.7 Å². The molecule has 26 heavy (non-hydrogen) atoms. The first kappa shape index (κ1) is 17.5. The lowest BCUT2D eigenvalue weighted by Gasteiger charge is -2.12. The van der Waals surface area contributed by atoms with Crippen molar-refractivity contribution in [3.8, 4) is 0 Å². The van der Waals surface area contributed by atoms with E-state index in [9.17, 15) is 9.18 Å². The lowest BCUT2D eigenvalue weighted by molar-refractivity contribution is 0.0958. The molecule has 2 heterocycles. The molecule has 0 aliphatic heterocycles. The number of hydrogen-bond acceptors (Lipinski definition) is 8. The van der Waals surface area contributed by atoms with Gasteiger partial charge in [-0.2, -0.15) is 0 Å². The summed E-state index contributed by atoms with van der Waals surface area (Å²) >= 11 is 1.47. The third kappa shape index (κ3) is 3.70. The van der Waals surface area contributed by atoms with Crippen LogP contribution in [-0.2, 0) is 0 Å². The molecule has 10 heteroatoms. The van der Waals surface area contributed by atoms with Crippen molar-refractivity contribution in [2.75, 3.05) is 16.5 Å². The molecule has 0 fully saturated rings. The molecule has 3 aromatic rings. The van der Waals surface area contributed by atoms with Gasteiger partial charge in [0.05, 0.1) is 11.3 Å². The number of hydrogen-bond donors (Lipinski definition) is 4. The summed E-state index contributed by atoms with van der Waals surface area (Å²) < 4.78 is 13.6. The molecule has 0 atom stereocenters. The van der Waals surface area contributed by atoms with Crippen LogP contribution in [-0.4, -0.2) is 20.9 Å². The maximum absolute atomic E-state index is 13.6. The lowest BCUT2D eigenvalue weighted by Crippen LogP contribution is -2.31. The monoisotopic (exact) mass is 373 g/mol. The SMILES string of the molecule is Cc1nc(Nc2ncnc(NNC(=O)c3ccccc3F)c2N)sc1C. The Hall–Kier alpha value is -3.27. The molecule has 5 N–H and O–H groups in total. The average molecular weight is 373 g/mol. The van der Waals surface area contributed by atoms with Crippen molar-refractivity contribution in [3.63, 3.8) is 0 Å². The van der Waals surface area contributed by atoms with Gasteiger partial charge in [-0.3, -0.25) is 15.6 Å². The van der Waals surface area contributed by atoms with Gasteiger partial charge in [0.1, 0.15) is 17.8 Å². The van der Waals surface area contributed by atoms with E-state index in [2.05, 4.69) is 31.1 Å². The minimum Gasteiger partial charge on any atom is -0.393 e. The summed E-state index contributed by atoms with van der Waals surface area (Å²) in [5, 5.41) is 3.67. The van der Waals surface area contributed by atoms with E-state index in [-0.39, 0.29) is 17.1 Å². The van der Waals surface area contributed by atoms with Crippen molar-refractivity contribution in [2.45, 2.75) is 13.8 Å². The fourth-order valence-electron chi connectivity index (χ4n) is 2.05. The topological polar surface area (TPSA) is 118 Å². The highest BCUT2D eigenvalue weighted by molar-refractivity contribution is 7.15. The van der Waals surface area contributed by atoms with Crippen molar-refractivity contribution in [2.24, 2.45) is 0 Å². The van der Waals surface area contributed by atoms with Gasteiger partial charge in [0.25, 0.3) is 5.91 Å². The number of aryl methyl sites for hydroxylation is 2. The Morgan fingerprint density at radius 2 is 1.92 bits per heavy atom. The average Bonchev–Trinajstić information content (AvgIpc) is 2.93. The van der Waals surface area contributed by atoms with Gasteiger partial charge < -0.3 is 11.1 Å². The summed E-state index contributed by atoms with van der Waals surface area (Å²) in [7, 11) is 0. The fourth-order valence-corrected chi connectivity index (χ4v) is 2.86. The molecule has 0 aliphatic rings. The minimum atomic E-state index is -0.651. The number of rotatable bonds is 5. The van der Waals surface area contributed by atoms with Crippen LogP contribution < -0.4 is 21.9 Å². The smallest absolute Gasteiger partial charge is 0.272 e. The lowest BCUT2D eigenvalue weighted by atomic mass is 10.2. The van der Waals surface area contributed by atoms with Gasteiger partial charge in [-0.25, -0.2) is 19.3 Å². The second kappa shape index (κ2) is 7.31. The third-order valence-electron chi connectivity index (χ3n) is 3.55. The van der Waals surface area contributed by atoms with Crippen molar-refractivity contribution >= 4 is 39.7 Å². The number of benzene rings is 1. The number of halogens is 1. The summed E-state index contributed by atoms with van der Waals surface area (Å²) in [6, 6.07) is 5.64. The highest BCUT2D eigenvalue weighted by Gasteiger charge is 2.14. The number of amides is 1. The summed E-state index contributed by atoms with van der Waals surface area (Å²) in [4.78, 5) is 25.5. The van der Waals surface area contributed by atoms with Crippen LogP contribution in [0.2, 0.25) is 0 Å². The van der Waals surface area contributed by atoms with Crippen LogP contribution in [0.15, 0.2) is 30.6 Å². The molecule has 1 amide bonds. The number of anilines is 4. The molecule has 1 aromatic carbocycles. The largest absolute Gasteiger partial charge is 0.393 e. The number of thiazole rings is 1. The molecule has 0 radical (unpaired) electrons. The number of hydrazine groups is 1. The third-order valence-corrected chi connectivity index (χ3v) is 4.54. The van der Waals surface area contributed by atoms with E-state index in [1.54, 1.807) is 6.07 Å². The van der Waals surface area contributed by atoms with Crippen LogP contribution in [0, 0.1) is 19.7 Å². The molecular formula is C16H16FN7OS. The highest BCUT2D eigenvalue weighted by Crippen LogP contribution is 2.28. The van der Waals surface area contributed by atoms with Crippen molar-refractivity contribution in [3.05, 3.63) is 52.5 Å². The number of carbonyl (C=O) groups is 1. The standard InChI is InChI=1S/C16H16FN7OS/c1-8-9(2)26-16(21-8)22-13-12(18)14(20-7-19-13)23-24-15(25)10-5-3-4-6-11(10)17/h3-7H,18H2,1-2H3,(H,24,25)(H2,19,20,21,22,23). The van der Waals surface area contributed by atoms with Gasteiger partial charge >= 0.3 is 0 Å². The Balaban J connectivity index is 1.73. The zero-order valence-electron chi connectivity index (χ0n) is 14.0. The van der Waals surface area contributed by atoms with Crippen LogP contribution in [0.4, 0.5) is 26.8 Å². The number of nitrogen functional groups attached to an aromatic ring is 1. The highest BCUT2D eigenvalue weighted by atomic mass is 32.1. The van der Waals surface area contributed by atoms with Crippen LogP contribution in [0.3, 0.4) is 0 Å². The van der Waals surface area contributed by atoms with Crippen molar-refractivity contribution < 1.29 is 9.18 Å². The summed E-state index contributed by atoms with van der Waals surface area (Å²) in [5.74, 6) is -0.755. The molecule has 0 unspecified atom stereocenters. The second-order valence-electron chi connectivity index (χ2n) is 5.33. The first-order valence-corrected chi connectivity index (χ1v) is 8.39. The molecule has 0 bridgehead atoms. The maximum Gasteiger partial charge on any atom is 0.272 e. The van der Waals surface area contributed by atoms with Gasteiger partial charge in [0.15, 0.2) is 16.8 Å². The van der Waals surface area contributed by atoms with Crippen LogP contribution >= 0.6 is 11.3 Å². The molecule has 0 saturated heterocycles. The van der Waals surface area contributed by atoms with Gasteiger partial charge in [0, 0.05) is 4.88 Å². The first-order chi connectivity index (χ1) is 12.5. The van der Waals surface area contributed by atoms with E-state index in [0.717, 1.165) is 10.6 Å². The predicted molar refractivity (Wildman–Crippen MR) is 98.8 cm³/mol. The summed E-state index contributed by atoms with van der Waals surface area (Å²) in [6.45, 7) is 3.87. The van der Waals surface area contributed by atoms with Crippen LogP contribution in [0.25, 0.3) is 0 Å². The number of aromatic nitrogens is 3. The van der Waals surface area contributed by atoms with E-state index in [1.165, 1.54) is 35.9 Å². The molecule has 2 aromatic heterocycles. The van der Waals surface area contributed by atoms with Crippen molar-refractivity contribution in [1.29, 1.82) is 0 Å². The van der Waals surface area contributed by atoms with Crippen molar-refractivity contribution in [1.82, 2.24) is 20.4 Å². The fraction of sp³-hybridized carbons (Fsp3) is 0.125. The quantitative estimate of drug-likeness (QED) is 0.508. The number of carbonyl (C=O) groups excluding carboxylic acids is 1. The van der Waals surface area contributed by atoms with Crippen LogP contribution in [0.1, 0.15) is 20.9 Å². The minimum absolute atomic E-state index is 0.0975. The predicted octanol–water partition coefficient (Wildman–Crippen LogP) is 2.77. The number of nitrogens with zero attached hydrogens (tertiary/aromatic N) is 3. The molecule has 3 rings (SSSR count). The Labute approximate surface area is 152 Å². The van der Waals surface area contributed by atoms with E-state index in [4.69, 9.17) is 5.73 Å². The maximum atomic E-state index is 13.6. The molecule has 134 valence electrons. The summed E-state index contributed by atoms with van der Waals surface area (Å²) in [6.07, 6.45) is 1.28.